The second-order valence-electron chi connectivity index (χ2n) is 3.92. The Morgan fingerprint density at radius 1 is 1.21 bits per heavy atom. The monoisotopic (exact) mass is 258 g/mol. The summed E-state index contributed by atoms with van der Waals surface area (Å²) in [6.45, 7) is 1.38. The van der Waals surface area contributed by atoms with Crippen molar-refractivity contribution in [2.45, 2.75) is 6.92 Å². The molecular weight excluding hydrogens is 244 g/mol. The molecule has 0 radical (unpaired) electrons. The lowest BCUT2D eigenvalue weighted by molar-refractivity contribution is -0.114. The highest BCUT2D eigenvalue weighted by Gasteiger charge is 2.09. The van der Waals surface area contributed by atoms with E-state index in [1.54, 1.807) is 30.3 Å². The molecular formula is C13H14N4O2. The van der Waals surface area contributed by atoms with Crippen molar-refractivity contribution in [1.29, 1.82) is 0 Å². The summed E-state index contributed by atoms with van der Waals surface area (Å²) in [5.74, 6) is 1.05. The average molecular weight is 258 g/mol. The van der Waals surface area contributed by atoms with Crippen molar-refractivity contribution in [1.82, 2.24) is 4.98 Å². The van der Waals surface area contributed by atoms with Crippen molar-refractivity contribution < 1.29 is 9.53 Å². The molecule has 0 aliphatic heterocycles. The van der Waals surface area contributed by atoms with Crippen LogP contribution in [0.3, 0.4) is 0 Å². The van der Waals surface area contributed by atoms with Crippen molar-refractivity contribution in [3.63, 3.8) is 0 Å². The van der Waals surface area contributed by atoms with Crippen molar-refractivity contribution in [3.05, 3.63) is 36.5 Å². The molecule has 19 heavy (non-hydrogen) atoms. The molecule has 0 bridgehead atoms. The van der Waals surface area contributed by atoms with E-state index >= 15 is 0 Å². The van der Waals surface area contributed by atoms with E-state index in [1.165, 1.54) is 13.1 Å². The SMILES string of the molecule is CC(=O)Nc1nccc(Oc2ccc(N)cc2)c1N. The first-order valence-electron chi connectivity index (χ1n) is 5.61. The minimum Gasteiger partial charge on any atom is -0.455 e. The predicted octanol–water partition coefficient (Wildman–Crippen LogP) is 2.00. The Kier molecular flexibility index (Phi) is 3.51. The summed E-state index contributed by atoms with van der Waals surface area (Å²) in [7, 11) is 0. The van der Waals surface area contributed by atoms with Gasteiger partial charge < -0.3 is 21.5 Å². The Labute approximate surface area is 110 Å². The van der Waals surface area contributed by atoms with Gasteiger partial charge in [0.2, 0.25) is 5.91 Å². The number of carbonyl (C=O) groups excluding carboxylic acids is 1. The number of aromatic nitrogens is 1. The summed E-state index contributed by atoms with van der Waals surface area (Å²) in [6, 6.07) is 8.53. The Morgan fingerprint density at radius 3 is 2.53 bits per heavy atom. The van der Waals surface area contributed by atoms with Crippen LogP contribution in [0, 0.1) is 0 Å². The van der Waals surface area contributed by atoms with Crippen LogP contribution in [0.15, 0.2) is 36.5 Å². The number of nitrogens with two attached hydrogens (primary N) is 2. The van der Waals surface area contributed by atoms with E-state index in [4.69, 9.17) is 16.2 Å². The van der Waals surface area contributed by atoms with Crippen molar-refractivity contribution in [3.8, 4) is 11.5 Å². The minimum absolute atomic E-state index is 0.246. The Bertz CT molecular complexity index is 596. The van der Waals surface area contributed by atoms with Crippen molar-refractivity contribution >= 4 is 23.1 Å². The predicted molar refractivity (Wildman–Crippen MR) is 73.9 cm³/mol. The highest BCUT2D eigenvalue weighted by Crippen LogP contribution is 2.31. The van der Waals surface area contributed by atoms with E-state index in [-0.39, 0.29) is 17.4 Å². The molecule has 1 heterocycles. The van der Waals surface area contributed by atoms with Gasteiger partial charge in [0, 0.05) is 24.9 Å². The van der Waals surface area contributed by atoms with Gasteiger partial charge in [0.05, 0.1) is 0 Å². The van der Waals surface area contributed by atoms with Gasteiger partial charge in [-0.2, -0.15) is 0 Å². The topological polar surface area (TPSA) is 103 Å². The summed E-state index contributed by atoms with van der Waals surface area (Å²) in [5.41, 5.74) is 12.4. The zero-order valence-corrected chi connectivity index (χ0v) is 10.4. The molecule has 0 aliphatic rings. The van der Waals surface area contributed by atoms with Gasteiger partial charge in [-0.05, 0) is 24.3 Å². The van der Waals surface area contributed by atoms with Crippen LogP contribution < -0.4 is 21.5 Å². The smallest absolute Gasteiger partial charge is 0.222 e. The van der Waals surface area contributed by atoms with Gasteiger partial charge in [0.25, 0.3) is 0 Å². The number of hydrogen-bond acceptors (Lipinski definition) is 5. The summed E-state index contributed by atoms with van der Waals surface area (Å²) >= 11 is 0. The van der Waals surface area contributed by atoms with Crippen LogP contribution in [0.5, 0.6) is 11.5 Å². The second kappa shape index (κ2) is 5.26. The molecule has 1 aromatic heterocycles. The fourth-order valence-electron chi connectivity index (χ4n) is 1.47. The molecule has 2 aromatic rings. The fourth-order valence-corrected chi connectivity index (χ4v) is 1.47. The molecule has 6 nitrogen and oxygen atoms in total. The van der Waals surface area contributed by atoms with Crippen LogP contribution >= 0.6 is 0 Å². The molecule has 1 aromatic carbocycles. The molecule has 6 heteroatoms. The number of amides is 1. The second-order valence-corrected chi connectivity index (χ2v) is 3.92. The third-order valence-corrected chi connectivity index (χ3v) is 2.35. The minimum atomic E-state index is -0.246. The van der Waals surface area contributed by atoms with Crippen LogP contribution in [0.1, 0.15) is 6.92 Å². The summed E-state index contributed by atoms with van der Waals surface area (Å²) in [5, 5.41) is 2.53. The number of nitrogens with one attached hydrogen (secondary N) is 1. The largest absolute Gasteiger partial charge is 0.455 e. The van der Waals surface area contributed by atoms with Crippen molar-refractivity contribution in [2.24, 2.45) is 0 Å². The lowest BCUT2D eigenvalue weighted by Crippen LogP contribution is -2.10. The lowest BCUT2D eigenvalue weighted by Gasteiger charge is -2.11. The van der Waals surface area contributed by atoms with E-state index < -0.39 is 0 Å². The number of anilines is 3. The van der Waals surface area contributed by atoms with Gasteiger partial charge in [0.15, 0.2) is 11.6 Å². The van der Waals surface area contributed by atoms with Gasteiger partial charge in [-0.15, -0.1) is 0 Å². The number of ether oxygens (including phenoxy) is 1. The number of hydrogen-bond donors (Lipinski definition) is 3. The van der Waals surface area contributed by atoms with Crippen LogP contribution in [-0.2, 0) is 4.79 Å². The van der Waals surface area contributed by atoms with Gasteiger partial charge in [-0.3, -0.25) is 4.79 Å². The van der Waals surface area contributed by atoms with Gasteiger partial charge in [-0.25, -0.2) is 4.98 Å². The quantitative estimate of drug-likeness (QED) is 0.730. The standard InChI is InChI=1S/C13H14N4O2/c1-8(18)17-13-12(15)11(6-7-16-13)19-10-4-2-9(14)3-5-10/h2-7H,14-15H2,1H3,(H,16,17,18). The molecule has 1 amide bonds. The zero-order chi connectivity index (χ0) is 13.8. The van der Waals surface area contributed by atoms with Crippen LogP contribution in [-0.4, -0.2) is 10.9 Å². The number of carbonyl (C=O) groups is 1. The molecule has 5 N–H and O–H groups in total. The first-order chi connectivity index (χ1) is 9.06. The van der Waals surface area contributed by atoms with E-state index in [0.717, 1.165) is 0 Å². The molecule has 0 saturated carbocycles. The average Bonchev–Trinajstić information content (AvgIpc) is 2.36. The molecule has 0 aliphatic carbocycles. The maximum absolute atomic E-state index is 11.0. The number of pyridine rings is 1. The third kappa shape index (κ3) is 3.12. The van der Waals surface area contributed by atoms with Crippen molar-refractivity contribution in [2.75, 3.05) is 16.8 Å². The Morgan fingerprint density at radius 2 is 1.89 bits per heavy atom. The van der Waals surface area contributed by atoms with E-state index in [0.29, 0.717) is 17.2 Å². The summed E-state index contributed by atoms with van der Waals surface area (Å²) in [6.07, 6.45) is 1.51. The molecule has 0 fully saturated rings. The third-order valence-electron chi connectivity index (χ3n) is 2.35. The van der Waals surface area contributed by atoms with Gasteiger partial charge in [-0.1, -0.05) is 0 Å². The highest BCUT2D eigenvalue weighted by atomic mass is 16.5. The molecule has 0 unspecified atom stereocenters. The van der Waals surface area contributed by atoms with Crippen LogP contribution in [0.4, 0.5) is 17.2 Å². The normalized spacial score (nSPS) is 9.95. The van der Waals surface area contributed by atoms with Crippen LogP contribution in [0.25, 0.3) is 0 Å². The summed E-state index contributed by atoms with van der Waals surface area (Å²) in [4.78, 5) is 15.0. The number of nitrogens with zero attached hydrogens (tertiary/aromatic N) is 1. The number of benzene rings is 1. The molecule has 0 atom stereocenters. The Balaban J connectivity index is 2.25. The maximum Gasteiger partial charge on any atom is 0.222 e. The lowest BCUT2D eigenvalue weighted by atomic mass is 10.3. The van der Waals surface area contributed by atoms with Crippen LogP contribution in [0.2, 0.25) is 0 Å². The fraction of sp³-hybridized carbons (Fsp3) is 0.0769. The molecule has 0 saturated heterocycles. The molecule has 2 rings (SSSR count). The molecule has 0 spiro atoms. The first kappa shape index (κ1) is 12.7. The molecule has 98 valence electrons. The maximum atomic E-state index is 11.0. The zero-order valence-electron chi connectivity index (χ0n) is 10.4. The van der Waals surface area contributed by atoms with E-state index in [1.807, 2.05) is 0 Å². The first-order valence-corrected chi connectivity index (χ1v) is 5.61. The van der Waals surface area contributed by atoms with Gasteiger partial charge >= 0.3 is 0 Å². The highest BCUT2D eigenvalue weighted by molar-refractivity contribution is 5.91. The number of nitrogen functional groups attached to an aromatic ring is 2. The Hall–Kier alpha value is -2.76. The van der Waals surface area contributed by atoms with Gasteiger partial charge in [0.1, 0.15) is 11.4 Å². The number of rotatable bonds is 3. The summed E-state index contributed by atoms with van der Waals surface area (Å²) < 4.78 is 5.61. The van der Waals surface area contributed by atoms with E-state index in [2.05, 4.69) is 10.3 Å². The van der Waals surface area contributed by atoms with E-state index in [9.17, 15) is 4.79 Å².